The van der Waals surface area contributed by atoms with E-state index in [0.29, 0.717) is 6.54 Å². The molecule has 1 amide bonds. The molecule has 0 radical (unpaired) electrons. The number of benzene rings is 1. The molecule has 23 heavy (non-hydrogen) atoms. The van der Waals surface area contributed by atoms with Crippen molar-refractivity contribution in [2.75, 3.05) is 18.9 Å². The van der Waals surface area contributed by atoms with Crippen LogP contribution in [0.15, 0.2) is 18.2 Å². The molecule has 1 aliphatic rings. The molecule has 1 aromatic carbocycles. The van der Waals surface area contributed by atoms with Crippen molar-refractivity contribution in [3.63, 3.8) is 0 Å². The lowest BCUT2D eigenvalue weighted by Crippen LogP contribution is -2.44. The summed E-state index contributed by atoms with van der Waals surface area (Å²) in [4.78, 5) is 35.8. The number of likely N-dealkylation sites (tertiary alicyclic amines) is 1. The van der Waals surface area contributed by atoms with Gasteiger partial charge in [0, 0.05) is 24.7 Å². The van der Waals surface area contributed by atoms with E-state index in [-0.39, 0.29) is 35.5 Å². The Morgan fingerprint density at radius 1 is 1.43 bits per heavy atom. The lowest BCUT2D eigenvalue weighted by atomic mass is 10.0. The Labute approximate surface area is 133 Å². The van der Waals surface area contributed by atoms with Crippen molar-refractivity contribution < 1.29 is 19.2 Å². The van der Waals surface area contributed by atoms with Crippen molar-refractivity contribution in [2.24, 2.45) is 0 Å². The third-order valence-corrected chi connectivity index (χ3v) is 3.92. The van der Waals surface area contributed by atoms with Crippen LogP contribution in [-0.2, 0) is 9.53 Å². The minimum absolute atomic E-state index is 0.00935. The van der Waals surface area contributed by atoms with Gasteiger partial charge in [0.15, 0.2) is 6.61 Å². The van der Waals surface area contributed by atoms with Gasteiger partial charge in [-0.2, -0.15) is 0 Å². The second kappa shape index (κ2) is 7.08. The highest BCUT2D eigenvalue weighted by molar-refractivity contribution is 5.96. The van der Waals surface area contributed by atoms with Crippen molar-refractivity contribution in [2.45, 2.75) is 32.2 Å². The number of rotatable bonds is 4. The summed E-state index contributed by atoms with van der Waals surface area (Å²) in [5, 5.41) is 10.6. The van der Waals surface area contributed by atoms with Crippen LogP contribution in [0.4, 0.5) is 11.4 Å². The maximum absolute atomic E-state index is 12.1. The molecule has 1 atom stereocenters. The van der Waals surface area contributed by atoms with E-state index in [0.717, 1.165) is 25.3 Å². The number of hydrogen-bond donors (Lipinski definition) is 1. The number of nitrogens with two attached hydrogens (primary N) is 1. The quantitative estimate of drug-likeness (QED) is 0.391. The van der Waals surface area contributed by atoms with Crippen LogP contribution in [0.2, 0.25) is 0 Å². The SMILES string of the molecule is C[C@H]1CCCCN1C(=O)COC(=O)c1ccc([N+](=O)[O-])cc1N. The molecule has 2 N–H and O–H groups in total. The van der Waals surface area contributed by atoms with E-state index in [1.165, 1.54) is 12.1 Å². The largest absolute Gasteiger partial charge is 0.452 e. The summed E-state index contributed by atoms with van der Waals surface area (Å²) in [6.07, 6.45) is 2.97. The van der Waals surface area contributed by atoms with Crippen molar-refractivity contribution in [1.29, 1.82) is 0 Å². The van der Waals surface area contributed by atoms with E-state index in [9.17, 15) is 19.7 Å². The monoisotopic (exact) mass is 321 g/mol. The van der Waals surface area contributed by atoms with E-state index in [2.05, 4.69) is 0 Å². The number of anilines is 1. The highest BCUT2D eigenvalue weighted by Gasteiger charge is 2.24. The van der Waals surface area contributed by atoms with Crippen LogP contribution in [0.5, 0.6) is 0 Å². The Morgan fingerprint density at radius 2 is 2.17 bits per heavy atom. The van der Waals surface area contributed by atoms with Crippen molar-refractivity contribution in [3.05, 3.63) is 33.9 Å². The van der Waals surface area contributed by atoms with Crippen LogP contribution in [0.3, 0.4) is 0 Å². The van der Waals surface area contributed by atoms with Gasteiger partial charge in [0.25, 0.3) is 11.6 Å². The first-order valence-electron chi connectivity index (χ1n) is 7.40. The summed E-state index contributed by atoms with van der Waals surface area (Å²) in [6.45, 7) is 2.27. The predicted octanol–water partition coefficient (Wildman–Crippen LogP) is 1.73. The number of piperidine rings is 1. The topological polar surface area (TPSA) is 116 Å². The molecule has 1 aromatic rings. The van der Waals surface area contributed by atoms with Crippen LogP contribution in [0.1, 0.15) is 36.5 Å². The summed E-state index contributed by atoms with van der Waals surface area (Å²) >= 11 is 0. The zero-order valence-corrected chi connectivity index (χ0v) is 12.9. The fraction of sp³-hybridized carbons (Fsp3) is 0.467. The van der Waals surface area contributed by atoms with E-state index < -0.39 is 10.9 Å². The van der Waals surface area contributed by atoms with Gasteiger partial charge < -0.3 is 15.4 Å². The highest BCUT2D eigenvalue weighted by Crippen LogP contribution is 2.21. The Balaban J connectivity index is 1.97. The van der Waals surface area contributed by atoms with Gasteiger partial charge >= 0.3 is 5.97 Å². The van der Waals surface area contributed by atoms with E-state index in [4.69, 9.17) is 10.5 Å². The van der Waals surface area contributed by atoms with Gasteiger partial charge in [0.1, 0.15) is 0 Å². The Kier molecular flexibility index (Phi) is 5.15. The molecule has 0 bridgehead atoms. The average Bonchev–Trinajstić information content (AvgIpc) is 2.52. The summed E-state index contributed by atoms with van der Waals surface area (Å²) in [6, 6.07) is 3.62. The van der Waals surface area contributed by atoms with Gasteiger partial charge in [0.05, 0.1) is 16.2 Å². The van der Waals surface area contributed by atoms with Gasteiger partial charge in [-0.05, 0) is 32.3 Å². The minimum atomic E-state index is -0.768. The molecule has 8 nitrogen and oxygen atoms in total. The third kappa shape index (κ3) is 3.97. The van der Waals surface area contributed by atoms with Gasteiger partial charge in [-0.3, -0.25) is 14.9 Å². The second-order valence-corrected chi connectivity index (χ2v) is 5.54. The van der Waals surface area contributed by atoms with E-state index in [1.807, 2.05) is 6.92 Å². The number of carbonyl (C=O) groups is 2. The first kappa shape index (κ1) is 16.7. The molecule has 0 spiro atoms. The molecule has 1 fully saturated rings. The highest BCUT2D eigenvalue weighted by atomic mass is 16.6. The Morgan fingerprint density at radius 3 is 2.78 bits per heavy atom. The Bertz CT molecular complexity index is 632. The normalized spacial score (nSPS) is 17.6. The number of nitro groups is 1. The molecule has 0 unspecified atom stereocenters. The standard InChI is InChI=1S/C15H19N3O5/c1-10-4-2-3-7-17(10)14(19)9-23-15(20)12-6-5-11(18(21)22)8-13(12)16/h5-6,8,10H,2-4,7,9,16H2,1H3/t10-/m0/s1. The zero-order valence-electron chi connectivity index (χ0n) is 12.9. The second-order valence-electron chi connectivity index (χ2n) is 5.54. The number of carbonyl (C=O) groups excluding carboxylic acids is 2. The van der Waals surface area contributed by atoms with Crippen LogP contribution < -0.4 is 5.73 Å². The first-order chi connectivity index (χ1) is 10.9. The number of esters is 1. The van der Waals surface area contributed by atoms with E-state index >= 15 is 0 Å². The fourth-order valence-corrected chi connectivity index (χ4v) is 2.61. The summed E-state index contributed by atoms with van der Waals surface area (Å²) in [5.41, 5.74) is 5.38. The summed E-state index contributed by atoms with van der Waals surface area (Å²) < 4.78 is 4.99. The fourth-order valence-electron chi connectivity index (χ4n) is 2.61. The van der Waals surface area contributed by atoms with Crippen molar-refractivity contribution >= 4 is 23.3 Å². The number of nitrogens with zero attached hydrogens (tertiary/aromatic N) is 2. The first-order valence-corrected chi connectivity index (χ1v) is 7.40. The molecular formula is C15H19N3O5. The molecule has 0 aromatic heterocycles. The molecular weight excluding hydrogens is 302 g/mol. The molecule has 1 aliphatic heterocycles. The van der Waals surface area contributed by atoms with Crippen LogP contribution in [-0.4, -0.2) is 40.9 Å². The van der Waals surface area contributed by atoms with Crippen molar-refractivity contribution in [1.82, 2.24) is 4.90 Å². The van der Waals surface area contributed by atoms with Gasteiger partial charge in [-0.25, -0.2) is 4.79 Å². The number of hydrogen-bond acceptors (Lipinski definition) is 6. The maximum Gasteiger partial charge on any atom is 0.340 e. The van der Waals surface area contributed by atoms with Crippen LogP contribution in [0, 0.1) is 10.1 Å². The van der Waals surface area contributed by atoms with Crippen LogP contribution >= 0.6 is 0 Å². The molecule has 8 heteroatoms. The molecule has 0 aliphatic carbocycles. The lowest BCUT2D eigenvalue weighted by Gasteiger charge is -2.33. The minimum Gasteiger partial charge on any atom is -0.452 e. The summed E-state index contributed by atoms with van der Waals surface area (Å²) in [5.74, 6) is -1.01. The summed E-state index contributed by atoms with van der Waals surface area (Å²) in [7, 11) is 0. The number of non-ortho nitro benzene ring substituents is 1. The lowest BCUT2D eigenvalue weighted by molar-refractivity contribution is -0.384. The molecule has 1 saturated heterocycles. The van der Waals surface area contributed by atoms with Gasteiger partial charge in [0.2, 0.25) is 0 Å². The molecule has 124 valence electrons. The maximum atomic E-state index is 12.1. The Hall–Kier alpha value is -2.64. The van der Waals surface area contributed by atoms with Crippen molar-refractivity contribution in [3.8, 4) is 0 Å². The predicted molar refractivity (Wildman–Crippen MR) is 82.8 cm³/mol. The number of amides is 1. The number of ether oxygens (including phenoxy) is 1. The van der Waals surface area contributed by atoms with Crippen LogP contribution in [0.25, 0.3) is 0 Å². The smallest absolute Gasteiger partial charge is 0.340 e. The van der Waals surface area contributed by atoms with Gasteiger partial charge in [-0.1, -0.05) is 0 Å². The molecule has 1 heterocycles. The third-order valence-electron chi connectivity index (χ3n) is 3.92. The molecule has 2 rings (SSSR count). The molecule has 0 saturated carbocycles. The van der Waals surface area contributed by atoms with E-state index in [1.54, 1.807) is 4.90 Å². The number of nitrogen functional groups attached to an aromatic ring is 1. The van der Waals surface area contributed by atoms with Gasteiger partial charge in [-0.15, -0.1) is 0 Å². The average molecular weight is 321 g/mol. The zero-order chi connectivity index (χ0) is 17.0. The number of nitro benzene ring substituents is 1.